The maximum absolute atomic E-state index is 12.6. The molecule has 0 aromatic carbocycles. The van der Waals surface area contributed by atoms with Crippen LogP contribution in [0.5, 0.6) is 0 Å². The normalized spacial score (nSPS) is 16.9. The maximum atomic E-state index is 12.6. The fourth-order valence-electron chi connectivity index (χ4n) is 1.39. The molecule has 0 radical (unpaired) electrons. The quantitative estimate of drug-likeness (QED) is 0.749. The van der Waals surface area contributed by atoms with E-state index >= 15 is 0 Å². The molecule has 0 fully saturated rings. The first kappa shape index (κ1) is 16.9. The summed E-state index contributed by atoms with van der Waals surface area (Å²) in [5, 5.41) is 9.31. The lowest BCUT2D eigenvalue weighted by Gasteiger charge is -2.33. The average Bonchev–Trinajstić information content (AvgIpc) is 2.21. The molecule has 104 valence electrons. The van der Waals surface area contributed by atoms with Crippen molar-refractivity contribution in [3.05, 3.63) is 0 Å². The molecule has 1 unspecified atom stereocenters. The lowest BCUT2D eigenvalue weighted by atomic mass is 9.80. The number of aliphatic hydroxyl groups excluding tert-OH is 1. The highest BCUT2D eigenvalue weighted by molar-refractivity contribution is 4.76. The molecule has 0 aliphatic carbocycles. The van der Waals surface area contributed by atoms with Gasteiger partial charge in [0, 0.05) is 12.5 Å². The van der Waals surface area contributed by atoms with E-state index in [1.54, 1.807) is 0 Å². The molecule has 0 rings (SSSR count). The third-order valence-corrected chi connectivity index (χ3v) is 3.80. The van der Waals surface area contributed by atoms with Gasteiger partial charge in [0.2, 0.25) is 0 Å². The summed E-state index contributed by atoms with van der Waals surface area (Å²) in [6, 6.07) is 0. The van der Waals surface area contributed by atoms with Gasteiger partial charge >= 0.3 is 0 Å². The van der Waals surface area contributed by atoms with Gasteiger partial charge in [-0.15, -0.1) is 0 Å². The highest BCUT2D eigenvalue weighted by Gasteiger charge is 2.28. The Morgan fingerprint density at radius 1 is 1.18 bits per heavy atom. The van der Waals surface area contributed by atoms with E-state index in [1.165, 1.54) is 0 Å². The molecule has 0 heterocycles. The monoisotopic (exact) mass is 248 g/mol. The van der Waals surface area contributed by atoms with Gasteiger partial charge in [0.25, 0.3) is 0 Å². The number of alkyl halides is 1. The van der Waals surface area contributed by atoms with Crippen LogP contribution in [0.25, 0.3) is 0 Å². The number of ether oxygens (including phenoxy) is 1. The number of hydrogen-bond acceptors (Lipinski definition) is 2. The first-order chi connectivity index (χ1) is 7.65. The van der Waals surface area contributed by atoms with E-state index < -0.39 is 0 Å². The summed E-state index contributed by atoms with van der Waals surface area (Å²) in [6.07, 6.45) is 0. The van der Waals surface area contributed by atoms with Gasteiger partial charge in [-0.2, -0.15) is 0 Å². The van der Waals surface area contributed by atoms with Crippen molar-refractivity contribution in [3.8, 4) is 0 Å². The predicted octanol–water partition coefficient (Wildman–Crippen LogP) is 3.29. The van der Waals surface area contributed by atoms with E-state index in [0.29, 0.717) is 13.2 Å². The van der Waals surface area contributed by atoms with Crippen molar-refractivity contribution in [1.29, 1.82) is 0 Å². The van der Waals surface area contributed by atoms with Crippen LogP contribution in [0.4, 0.5) is 4.39 Å². The van der Waals surface area contributed by atoms with Gasteiger partial charge in [0.15, 0.2) is 0 Å². The third kappa shape index (κ3) is 5.82. The van der Waals surface area contributed by atoms with Crippen LogP contribution >= 0.6 is 0 Å². The largest absolute Gasteiger partial charge is 0.396 e. The molecular weight excluding hydrogens is 219 g/mol. The van der Waals surface area contributed by atoms with Crippen LogP contribution in [0.2, 0.25) is 0 Å². The molecule has 0 aliphatic heterocycles. The highest BCUT2D eigenvalue weighted by Crippen LogP contribution is 2.29. The smallest absolute Gasteiger partial charge is 0.0925 e. The Balaban J connectivity index is 4.13. The van der Waals surface area contributed by atoms with Crippen molar-refractivity contribution in [3.63, 3.8) is 0 Å². The van der Waals surface area contributed by atoms with Gasteiger partial charge in [0.1, 0.15) is 0 Å². The van der Waals surface area contributed by atoms with Gasteiger partial charge in [-0.3, -0.25) is 4.39 Å². The Morgan fingerprint density at radius 2 is 1.71 bits per heavy atom. The summed E-state index contributed by atoms with van der Waals surface area (Å²) in [5.41, 5.74) is -0.128. The fourth-order valence-corrected chi connectivity index (χ4v) is 1.39. The topological polar surface area (TPSA) is 29.5 Å². The van der Waals surface area contributed by atoms with Gasteiger partial charge in [0.05, 0.1) is 19.9 Å². The zero-order valence-electron chi connectivity index (χ0n) is 12.2. The van der Waals surface area contributed by atoms with Crippen LogP contribution in [0.3, 0.4) is 0 Å². The molecule has 17 heavy (non-hydrogen) atoms. The molecule has 2 atom stereocenters. The lowest BCUT2D eigenvalue weighted by Crippen LogP contribution is -2.33. The number of hydrogen-bond donors (Lipinski definition) is 1. The van der Waals surface area contributed by atoms with Crippen LogP contribution < -0.4 is 0 Å². The summed E-state index contributed by atoms with van der Waals surface area (Å²) >= 11 is 0. The molecule has 0 aromatic rings. The van der Waals surface area contributed by atoms with E-state index in [4.69, 9.17) is 4.74 Å². The predicted molar refractivity (Wildman–Crippen MR) is 69.8 cm³/mol. The second-order valence-electron chi connectivity index (χ2n) is 6.80. The zero-order valence-corrected chi connectivity index (χ0v) is 12.2. The van der Waals surface area contributed by atoms with Crippen LogP contribution in [-0.4, -0.2) is 31.6 Å². The van der Waals surface area contributed by atoms with Crippen molar-refractivity contribution in [1.82, 2.24) is 0 Å². The van der Waals surface area contributed by atoms with E-state index in [1.807, 2.05) is 20.8 Å². The molecule has 0 aliphatic rings. The summed E-state index contributed by atoms with van der Waals surface area (Å²) in [6.45, 7) is 13.1. The minimum atomic E-state index is -0.320. The van der Waals surface area contributed by atoms with Gasteiger partial charge in [-0.25, -0.2) is 0 Å². The summed E-state index contributed by atoms with van der Waals surface area (Å²) < 4.78 is 18.3. The van der Waals surface area contributed by atoms with Crippen LogP contribution in [0.15, 0.2) is 0 Å². The maximum Gasteiger partial charge on any atom is 0.0925 e. The van der Waals surface area contributed by atoms with Gasteiger partial charge < -0.3 is 9.84 Å². The standard InChI is InChI=1S/C14H29FO2/c1-11(7-15)14(5,6)10-17-9-12(8-16)13(2,3)4/h11-12,16H,7-10H2,1-6H3/t11-,12?/m1/s1. The Kier molecular flexibility index (Phi) is 6.64. The highest BCUT2D eigenvalue weighted by atomic mass is 19.1. The molecule has 0 amide bonds. The molecule has 0 saturated carbocycles. The minimum absolute atomic E-state index is 0.00952. The van der Waals surface area contributed by atoms with E-state index in [-0.39, 0.29) is 35.9 Å². The Labute approximate surface area is 106 Å². The number of aliphatic hydroxyl groups is 1. The Hall–Kier alpha value is -0.150. The van der Waals surface area contributed by atoms with E-state index in [9.17, 15) is 9.50 Å². The lowest BCUT2D eigenvalue weighted by molar-refractivity contribution is -0.0227. The Bertz CT molecular complexity index is 209. The zero-order chi connectivity index (χ0) is 13.7. The third-order valence-electron chi connectivity index (χ3n) is 3.80. The first-order valence-corrected chi connectivity index (χ1v) is 6.39. The van der Waals surface area contributed by atoms with Crippen molar-refractivity contribution in [2.24, 2.45) is 22.7 Å². The van der Waals surface area contributed by atoms with E-state index in [0.717, 1.165) is 0 Å². The molecule has 0 aromatic heterocycles. The molecule has 0 spiro atoms. The molecule has 3 heteroatoms. The van der Waals surface area contributed by atoms with E-state index in [2.05, 4.69) is 20.8 Å². The molecule has 2 nitrogen and oxygen atoms in total. The second kappa shape index (κ2) is 6.69. The SMILES string of the molecule is C[C@H](CF)C(C)(C)COCC(CO)C(C)(C)C. The molecular formula is C14H29FO2. The number of rotatable bonds is 7. The van der Waals surface area contributed by atoms with Crippen LogP contribution in [0, 0.1) is 22.7 Å². The first-order valence-electron chi connectivity index (χ1n) is 6.39. The second-order valence-corrected chi connectivity index (χ2v) is 6.80. The summed E-state index contributed by atoms with van der Waals surface area (Å²) in [5.74, 6) is 0.115. The summed E-state index contributed by atoms with van der Waals surface area (Å²) in [7, 11) is 0. The van der Waals surface area contributed by atoms with Gasteiger partial charge in [-0.1, -0.05) is 41.5 Å². The minimum Gasteiger partial charge on any atom is -0.396 e. The molecule has 1 N–H and O–H groups in total. The van der Waals surface area contributed by atoms with Crippen molar-refractivity contribution in [2.45, 2.75) is 41.5 Å². The van der Waals surface area contributed by atoms with Crippen molar-refractivity contribution >= 4 is 0 Å². The number of halogens is 1. The Morgan fingerprint density at radius 3 is 2.06 bits per heavy atom. The molecule has 0 saturated heterocycles. The van der Waals surface area contributed by atoms with Crippen molar-refractivity contribution < 1.29 is 14.2 Å². The fraction of sp³-hybridized carbons (Fsp3) is 1.00. The van der Waals surface area contributed by atoms with Crippen molar-refractivity contribution in [2.75, 3.05) is 26.5 Å². The molecule has 0 bridgehead atoms. The van der Waals surface area contributed by atoms with Crippen LogP contribution in [-0.2, 0) is 4.74 Å². The van der Waals surface area contributed by atoms with Crippen LogP contribution in [0.1, 0.15) is 41.5 Å². The summed E-state index contributed by atoms with van der Waals surface area (Å²) in [4.78, 5) is 0. The average molecular weight is 248 g/mol. The van der Waals surface area contributed by atoms with Gasteiger partial charge in [-0.05, 0) is 16.7 Å².